The molecule has 0 amide bonds. The number of hydrogen-bond donors (Lipinski definition) is 0. The summed E-state index contributed by atoms with van der Waals surface area (Å²) < 4.78 is 55.6. The average Bonchev–Trinajstić information content (AvgIpc) is 2.16. The number of thioether (sulfide) groups is 1. The monoisotopic (exact) mass is 318 g/mol. The Morgan fingerprint density at radius 3 is 2.00 bits per heavy atom. The van der Waals surface area contributed by atoms with Gasteiger partial charge in [0.25, 0.3) is 0 Å². The van der Waals surface area contributed by atoms with Gasteiger partial charge in [0.1, 0.15) is 5.75 Å². The van der Waals surface area contributed by atoms with Crippen LogP contribution in [0.5, 0.6) is 5.75 Å². The van der Waals surface area contributed by atoms with Crippen molar-refractivity contribution in [3.05, 3.63) is 24.3 Å². The highest BCUT2D eigenvalue weighted by molar-refractivity contribution is 9.10. The van der Waals surface area contributed by atoms with Gasteiger partial charge in [-0.1, -0.05) is 0 Å². The number of methoxy groups -OCH3 is 1. The number of hydrogen-bond acceptors (Lipinski definition) is 2. The summed E-state index contributed by atoms with van der Waals surface area (Å²) >= 11 is 1.44. The van der Waals surface area contributed by atoms with Crippen molar-refractivity contribution in [3.63, 3.8) is 0 Å². The molecule has 1 nitrogen and oxygen atoms in total. The van der Waals surface area contributed by atoms with Crippen molar-refractivity contribution in [2.45, 2.75) is 15.0 Å². The number of halogens is 5. The molecule has 0 radical (unpaired) electrons. The van der Waals surface area contributed by atoms with Gasteiger partial charge in [0.05, 0.1) is 7.11 Å². The molecule has 0 saturated carbocycles. The van der Waals surface area contributed by atoms with Crippen LogP contribution in [0.3, 0.4) is 0 Å². The first-order valence-corrected chi connectivity index (χ1v) is 5.65. The number of benzene rings is 1. The minimum absolute atomic E-state index is 0.0323. The van der Waals surface area contributed by atoms with Gasteiger partial charge in [-0.15, -0.1) is 0 Å². The third-order valence-electron chi connectivity index (χ3n) is 1.64. The van der Waals surface area contributed by atoms with Crippen LogP contribution in [0, 0.1) is 0 Å². The summed E-state index contributed by atoms with van der Waals surface area (Å²) in [6, 6.07) is 5.42. The lowest BCUT2D eigenvalue weighted by Crippen LogP contribution is -2.30. The van der Waals surface area contributed by atoms with Gasteiger partial charge in [-0.3, -0.25) is 0 Å². The van der Waals surface area contributed by atoms with Crippen LogP contribution >= 0.6 is 27.7 Å². The van der Waals surface area contributed by atoms with E-state index in [0.717, 1.165) is 0 Å². The maximum Gasteiger partial charge on any atom is 0.373 e. The molecule has 1 aromatic carbocycles. The van der Waals surface area contributed by atoms with Crippen LogP contribution in [-0.4, -0.2) is 17.2 Å². The van der Waals surface area contributed by atoms with E-state index in [2.05, 4.69) is 0 Å². The zero-order chi connectivity index (χ0) is 12.4. The van der Waals surface area contributed by atoms with E-state index < -0.39 is 10.1 Å². The van der Waals surface area contributed by atoms with Crippen LogP contribution in [-0.2, 0) is 0 Å². The molecule has 0 aromatic heterocycles. The molecule has 0 saturated heterocycles. The molecule has 0 aliphatic rings. The van der Waals surface area contributed by atoms with E-state index >= 15 is 0 Å². The standard InChI is InChI=1S/C9H7BrF4OS/c1-15-6-2-4-7(5-3-6)16-9(13,14)8(10,11)12/h2-5H,1H3. The third kappa shape index (κ3) is 3.28. The second-order valence-electron chi connectivity index (χ2n) is 2.79. The van der Waals surface area contributed by atoms with Crippen LogP contribution in [0.15, 0.2) is 29.2 Å². The lowest BCUT2D eigenvalue weighted by atomic mass is 10.3. The molecule has 0 heterocycles. The molecular formula is C9H7BrF4OS. The summed E-state index contributed by atoms with van der Waals surface area (Å²) in [5.41, 5.74) is 0. The maximum atomic E-state index is 12.9. The highest BCUT2D eigenvalue weighted by Gasteiger charge is 2.55. The number of ether oxygens (including phenoxy) is 1. The predicted molar refractivity (Wildman–Crippen MR) is 57.7 cm³/mol. The van der Waals surface area contributed by atoms with Crippen molar-refractivity contribution in [1.82, 2.24) is 0 Å². The van der Waals surface area contributed by atoms with Gasteiger partial charge in [-0.2, -0.15) is 17.6 Å². The van der Waals surface area contributed by atoms with Gasteiger partial charge in [-0.25, -0.2) is 0 Å². The fraction of sp³-hybridized carbons (Fsp3) is 0.333. The van der Waals surface area contributed by atoms with Gasteiger partial charge in [0.15, 0.2) is 0 Å². The molecule has 16 heavy (non-hydrogen) atoms. The van der Waals surface area contributed by atoms with Crippen molar-refractivity contribution >= 4 is 27.7 Å². The summed E-state index contributed by atoms with van der Waals surface area (Å²) in [5, 5.41) is -4.21. The molecule has 7 heteroatoms. The van der Waals surface area contributed by atoms with Crippen molar-refractivity contribution in [3.8, 4) is 5.75 Å². The van der Waals surface area contributed by atoms with Gasteiger partial charge >= 0.3 is 10.1 Å². The van der Waals surface area contributed by atoms with Gasteiger partial charge in [0.2, 0.25) is 0 Å². The Kier molecular flexibility index (Phi) is 4.12. The Balaban J connectivity index is 2.80. The fourth-order valence-electron chi connectivity index (χ4n) is 0.850. The molecule has 0 unspecified atom stereocenters. The fourth-order valence-corrected chi connectivity index (χ4v) is 1.78. The Bertz CT molecular complexity index is 350. The molecular weight excluding hydrogens is 312 g/mol. The van der Waals surface area contributed by atoms with E-state index in [1.54, 1.807) is 15.9 Å². The van der Waals surface area contributed by atoms with E-state index in [0.29, 0.717) is 5.75 Å². The van der Waals surface area contributed by atoms with E-state index in [9.17, 15) is 17.6 Å². The molecule has 0 spiro atoms. The first kappa shape index (κ1) is 13.6. The van der Waals surface area contributed by atoms with Crippen molar-refractivity contribution < 1.29 is 22.3 Å². The lowest BCUT2D eigenvalue weighted by molar-refractivity contribution is -0.0779. The average molecular weight is 319 g/mol. The Morgan fingerprint density at radius 2 is 1.62 bits per heavy atom. The van der Waals surface area contributed by atoms with Crippen molar-refractivity contribution in [2.24, 2.45) is 0 Å². The summed E-state index contributed by atoms with van der Waals surface area (Å²) in [6.07, 6.45) is 0. The zero-order valence-corrected chi connectivity index (χ0v) is 10.4. The zero-order valence-electron chi connectivity index (χ0n) is 8.02. The first-order valence-electron chi connectivity index (χ1n) is 4.04. The smallest absolute Gasteiger partial charge is 0.373 e. The van der Waals surface area contributed by atoms with E-state index in [-0.39, 0.29) is 16.7 Å². The summed E-state index contributed by atoms with van der Waals surface area (Å²) in [6.45, 7) is 0. The minimum Gasteiger partial charge on any atom is -0.497 e. The SMILES string of the molecule is COc1ccc(SC(F)(F)C(F)(F)Br)cc1. The molecule has 1 rings (SSSR count). The number of rotatable bonds is 4. The largest absolute Gasteiger partial charge is 0.497 e. The molecule has 1 aromatic rings. The predicted octanol–water partition coefficient (Wildman–Crippen LogP) is 4.37. The van der Waals surface area contributed by atoms with E-state index in [1.807, 2.05) is 0 Å². The Labute approximate surface area is 102 Å². The first-order chi connectivity index (χ1) is 7.26. The third-order valence-corrected chi connectivity index (χ3v) is 3.42. The molecule has 0 fully saturated rings. The second kappa shape index (κ2) is 4.83. The van der Waals surface area contributed by atoms with Gasteiger partial charge < -0.3 is 4.74 Å². The van der Waals surface area contributed by atoms with Crippen LogP contribution in [0.4, 0.5) is 17.6 Å². The molecule has 0 aliphatic heterocycles. The highest BCUT2D eigenvalue weighted by atomic mass is 79.9. The number of alkyl halides is 5. The van der Waals surface area contributed by atoms with Gasteiger partial charge in [-0.05, 0) is 52.0 Å². The molecule has 90 valence electrons. The Morgan fingerprint density at radius 1 is 1.12 bits per heavy atom. The molecule has 0 N–H and O–H groups in total. The van der Waals surface area contributed by atoms with Gasteiger partial charge in [0, 0.05) is 4.90 Å². The van der Waals surface area contributed by atoms with Crippen LogP contribution in [0.25, 0.3) is 0 Å². The molecule has 0 bridgehead atoms. The summed E-state index contributed by atoms with van der Waals surface area (Å²) in [7, 11) is 1.42. The lowest BCUT2D eigenvalue weighted by Gasteiger charge is -2.20. The quantitative estimate of drug-likeness (QED) is 0.463. The van der Waals surface area contributed by atoms with Crippen molar-refractivity contribution in [2.75, 3.05) is 7.11 Å². The van der Waals surface area contributed by atoms with Crippen molar-refractivity contribution in [1.29, 1.82) is 0 Å². The highest BCUT2D eigenvalue weighted by Crippen LogP contribution is 2.49. The minimum atomic E-state index is -4.25. The van der Waals surface area contributed by atoms with Crippen LogP contribution < -0.4 is 4.74 Å². The maximum absolute atomic E-state index is 12.9. The Hall–Kier alpha value is -0.430. The topological polar surface area (TPSA) is 9.23 Å². The summed E-state index contributed by atoms with van der Waals surface area (Å²) in [5.74, 6) is 0.471. The normalized spacial score (nSPS) is 12.6. The van der Waals surface area contributed by atoms with E-state index in [4.69, 9.17) is 4.74 Å². The van der Waals surface area contributed by atoms with Crippen LogP contribution in [0.1, 0.15) is 0 Å². The molecule has 0 aliphatic carbocycles. The molecule has 0 atom stereocenters. The van der Waals surface area contributed by atoms with E-state index in [1.165, 1.54) is 31.4 Å². The van der Waals surface area contributed by atoms with Crippen LogP contribution in [0.2, 0.25) is 0 Å². The summed E-state index contributed by atoms with van der Waals surface area (Å²) in [4.78, 5) is -4.21. The second-order valence-corrected chi connectivity index (χ2v) is 4.98.